The summed E-state index contributed by atoms with van der Waals surface area (Å²) >= 11 is 0. The lowest BCUT2D eigenvalue weighted by Crippen LogP contribution is -2.27. The summed E-state index contributed by atoms with van der Waals surface area (Å²) in [5.74, 6) is -1.55. The van der Waals surface area contributed by atoms with Gasteiger partial charge in [0, 0.05) is 36.6 Å². The van der Waals surface area contributed by atoms with E-state index in [1.165, 1.54) is 41.2 Å². The molecule has 2 N–H and O–H groups in total. The highest BCUT2D eigenvalue weighted by atomic mass is 19.1. The number of para-hydroxylation sites is 1. The lowest BCUT2D eigenvalue weighted by molar-refractivity contribution is 0.0947. The number of halogens is 1. The number of aryl methyl sites for hydroxylation is 2. The number of anilines is 1. The Bertz CT molecular complexity index is 1570. The van der Waals surface area contributed by atoms with E-state index in [1.807, 2.05) is 26.0 Å². The van der Waals surface area contributed by atoms with Gasteiger partial charge >= 0.3 is 0 Å². The molecule has 0 aliphatic heterocycles. The fraction of sp³-hybridized carbons (Fsp3) is 0.179. The predicted octanol–water partition coefficient (Wildman–Crippen LogP) is 4.57. The topological polar surface area (TPSA) is 115 Å². The first-order chi connectivity index (χ1) is 18.3. The van der Waals surface area contributed by atoms with Crippen LogP contribution < -0.4 is 20.9 Å². The van der Waals surface area contributed by atoms with Crippen molar-refractivity contribution in [1.82, 2.24) is 20.1 Å². The molecule has 0 spiro atoms. The van der Waals surface area contributed by atoms with E-state index in [0.717, 1.165) is 18.1 Å². The number of nitrogens with one attached hydrogen (secondary N) is 2. The standard InChI is InChI=1S/C28H26FN5O4/c1-4-12-31-27(36)22-16-20(11-13-30-22)38-24-10-9-19(15-21(24)29)32-28(37)26-18(3)14-25(35)34(33-26)23-8-6-5-7-17(23)2/h5-11,13-16H,4,12H2,1-3H3,(H,31,36)(H,32,37). The van der Waals surface area contributed by atoms with Crippen LogP contribution in [0.15, 0.2) is 71.7 Å². The Morgan fingerprint density at radius 3 is 2.53 bits per heavy atom. The minimum atomic E-state index is -0.730. The second-order valence-corrected chi connectivity index (χ2v) is 8.55. The third-order valence-electron chi connectivity index (χ3n) is 5.60. The number of hydrogen-bond donors (Lipinski definition) is 2. The van der Waals surface area contributed by atoms with Gasteiger partial charge in [0.15, 0.2) is 17.3 Å². The van der Waals surface area contributed by atoms with Crippen molar-refractivity contribution < 1.29 is 18.7 Å². The van der Waals surface area contributed by atoms with Crippen LogP contribution in [0.4, 0.5) is 10.1 Å². The van der Waals surface area contributed by atoms with Gasteiger partial charge in [-0.2, -0.15) is 9.78 Å². The molecule has 0 unspecified atom stereocenters. The number of carbonyl (C=O) groups excluding carboxylic acids is 2. The molecule has 2 aromatic heterocycles. The van der Waals surface area contributed by atoms with Crippen molar-refractivity contribution in [3.63, 3.8) is 0 Å². The zero-order valence-electron chi connectivity index (χ0n) is 21.1. The number of benzene rings is 2. The van der Waals surface area contributed by atoms with E-state index in [9.17, 15) is 18.8 Å². The number of carbonyl (C=O) groups is 2. The summed E-state index contributed by atoms with van der Waals surface area (Å²) in [7, 11) is 0. The third kappa shape index (κ3) is 5.92. The van der Waals surface area contributed by atoms with Gasteiger partial charge in [-0.05, 0) is 55.7 Å². The van der Waals surface area contributed by atoms with E-state index in [2.05, 4.69) is 20.7 Å². The number of pyridine rings is 1. The van der Waals surface area contributed by atoms with Gasteiger partial charge in [0.2, 0.25) is 0 Å². The molecule has 2 heterocycles. The molecule has 0 saturated heterocycles. The first kappa shape index (κ1) is 26.2. The van der Waals surface area contributed by atoms with Crippen molar-refractivity contribution >= 4 is 17.5 Å². The first-order valence-corrected chi connectivity index (χ1v) is 12.0. The van der Waals surface area contributed by atoms with E-state index >= 15 is 0 Å². The van der Waals surface area contributed by atoms with Crippen LogP contribution >= 0.6 is 0 Å². The van der Waals surface area contributed by atoms with Crippen LogP contribution in [0.2, 0.25) is 0 Å². The SMILES string of the molecule is CCCNC(=O)c1cc(Oc2ccc(NC(=O)c3nn(-c4ccccc4C)c(=O)cc3C)cc2F)ccn1. The van der Waals surface area contributed by atoms with Gasteiger partial charge in [-0.3, -0.25) is 19.4 Å². The number of ether oxygens (including phenoxy) is 1. The normalized spacial score (nSPS) is 10.6. The molecule has 0 bridgehead atoms. The molecule has 0 aliphatic rings. The molecule has 38 heavy (non-hydrogen) atoms. The van der Waals surface area contributed by atoms with Gasteiger partial charge in [-0.1, -0.05) is 25.1 Å². The van der Waals surface area contributed by atoms with Crippen LogP contribution in [0.1, 0.15) is 45.4 Å². The second-order valence-electron chi connectivity index (χ2n) is 8.55. The summed E-state index contributed by atoms with van der Waals surface area (Å²) in [6.07, 6.45) is 2.18. The van der Waals surface area contributed by atoms with E-state index in [4.69, 9.17) is 4.74 Å². The Hall–Kier alpha value is -4.86. The Morgan fingerprint density at radius 1 is 1.00 bits per heavy atom. The van der Waals surface area contributed by atoms with Gasteiger partial charge in [-0.15, -0.1) is 0 Å². The van der Waals surface area contributed by atoms with Crippen molar-refractivity contribution in [1.29, 1.82) is 0 Å². The van der Waals surface area contributed by atoms with Crippen molar-refractivity contribution in [2.24, 2.45) is 0 Å². The lowest BCUT2D eigenvalue weighted by atomic mass is 10.2. The summed E-state index contributed by atoms with van der Waals surface area (Å²) in [5.41, 5.74) is 1.73. The largest absolute Gasteiger partial charge is 0.454 e. The summed E-state index contributed by atoms with van der Waals surface area (Å²) < 4.78 is 21.6. The molecular formula is C28H26FN5O4. The number of nitrogens with zero attached hydrogens (tertiary/aromatic N) is 3. The van der Waals surface area contributed by atoms with Gasteiger partial charge < -0.3 is 15.4 Å². The molecule has 0 atom stereocenters. The Labute approximate surface area is 218 Å². The van der Waals surface area contributed by atoms with Gasteiger partial charge in [0.1, 0.15) is 11.4 Å². The van der Waals surface area contributed by atoms with Crippen molar-refractivity contribution in [3.8, 4) is 17.2 Å². The lowest BCUT2D eigenvalue weighted by Gasteiger charge is -2.13. The molecule has 9 nitrogen and oxygen atoms in total. The Morgan fingerprint density at radius 2 is 1.79 bits per heavy atom. The Kier molecular flexibility index (Phi) is 7.91. The van der Waals surface area contributed by atoms with Crippen molar-refractivity contribution in [2.45, 2.75) is 27.2 Å². The van der Waals surface area contributed by atoms with E-state index in [0.29, 0.717) is 17.8 Å². The second kappa shape index (κ2) is 11.5. The van der Waals surface area contributed by atoms with E-state index in [-0.39, 0.29) is 40.0 Å². The monoisotopic (exact) mass is 515 g/mol. The zero-order chi connectivity index (χ0) is 27.2. The summed E-state index contributed by atoms with van der Waals surface area (Å²) in [6.45, 7) is 5.89. The maximum atomic E-state index is 14.8. The quantitative estimate of drug-likeness (QED) is 0.355. The van der Waals surface area contributed by atoms with Crippen LogP contribution in [-0.2, 0) is 0 Å². The molecule has 0 fully saturated rings. The van der Waals surface area contributed by atoms with Gasteiger partial charge in [0.25, 0.3) is 17.4 Å². The van der Waals surface area contributed by atoms with Crippen LogP contribution in [0.25, 0.3) is 5.69 Å². The predicted molar refractivity (Wildman–Crippen MR) is 141 cm³/mol. The number of rotatable bonds is 8. The molecular weight excluding hydrogens is 489 g/mol. The van der Waals surface area contributed by atoms with E-state index < -0.39 is 11.7 Å². The molecule has 10 heteroatoms. The van der Waals surface area contributed by atoms with Crippen LogP contribution in [0.3, 0.4) is 0 Å². The van der Waals surface area contributed by atoms with Crippen LogP contribution in [0.5, 0.6) is 11.5 Å². The van der Waals surface area contributed by atoms with Crippen LogP contribution in [-0.4, -0.2) is 33.1 Å². The molecule has 0 aliphatic carbocycles. The highest BCUT2D eigenvalue weighted by molar-refractivity contribution is 6.03. The molecule has 4 rings (SSSR count). The summed E-state index contributed by atoms with van der Waals surface area (Å²) in [6, 6.07) is 15.4. The van der Waals surface area contributed by atoms with Crippen molar-refractivity contribution in [3.05, 3.63) is 106 Å². The number of aromatic nitrogens is 3. The Balaban J connectivity index is 1.52. The van der Waals surface area contributed by atoms with E-state index in [1.54, 1.807) is 19.1 Å². The average molecular weight is 516 g/mol. The highest BCUT2D eigenvalue weighted by Crippen LogP contribution is 2.27. The molecule has 2 aromatic carbocycles. The van der Waals surface area contributed by atoms with Gasteiger partial charge in [-0.25, -0.2) is 4.39 Å². The zero-order valence-corrected chi connectivity index (χ0v) is 21.1. The molecule has 0 radical (unpaired) electrons. The minimum Gasteiger partial charge on any atom is -0.454 e. The fourth-order valence-corrected chi connectivity index (χ4v) is 3.65. The summed E-state index contributed by atoms with van der Waals surface area (Å²) in [5, 5.41) is 9.60. The molecule has 0 saturated carbocycles. The minimum absolute atomic E-state index is 0.0271. The highest BCUT2D eigenvalue weighted by Gasteiger charge is 2.17. The number of hydrogen-bond acceptors (Lipinski definition) is 6. The van der Waals surface area contributed by atoms with Gasteiger partial charge in [0.05, 0.1) is 5.69 Å². The third-order valence-corrected chi connectivity index (χ3v) is 5.60. The maximum absolute atomic E-state index is 14.8. The number of amides is 2. The first-order valence-electron chi connectivity index (χ1n) is 12.0. The maximum Gasteiger partial charge on any atom is 0.276 e. The van der Waals surface area contributed by atoms with Crippen molar-refractivity contribution in [2.75, 3.05) is 11.9 Å². The van der Waals surface area contributed by atoms with Crippen LogP contribution in [0, 0.1) is 19.7 Å². The molecule has 194 valence electrons. The summed E-state index contributed by atoms with van der Waals surface area (Å²) in [4.78, 5) is 41.7. The fourth-order valence-electron chi connectivity index (χ4n) is 3.65. The molecule has 4 aromatic rings. The average Bonchev–Trinajstić information content (AvgIpc) is 2.89. The smallest absolute Gasteiger partial charge is 0.276 e. The molecule has 2 amide bonds.